The third kappa shape index (κ3) is 2.91. The van der Waals surface area contributed by atoms with Crippen molar-refractivity contribution in [3.05, 3.63) is 34.4 Å². The van der Waals surface area contributed by atoms with Gasteiger partial charge in [-0.3, -0.25) is 0 Å². The topological polar surface area (TPSA) is 17.0 Å². The number of nitrogens with zero attached hydrogens (tertiary/aromatic N) is 1. The largest absolute Gasteiger partial charge is 0.346 e. The summed E-state index contributed by atoms with van der Waals surface area (Å²) in [5.74, 6) is 0.894. The highest BCUT2D eigenvalue weighted by atomic mass is 35.5. The quantitative estimate of drug-likeness (QED) is 0.869. The van der Waals surface area contributed by atoms with E-state index >= 15 is 0 Å². The fourth-order valence-electron chi connectivity index (χ4n) is 2.59. The van der Waals surface area contributed by atoms with E-state index in [0.717, 1.165) is 34.9 Å². The Morgan fingerprint density at radius 2 is 2.16 bits per heavy atom. The van der Waals surface area contributed by atoms with Crippen LogP contribution in [0.5, 0.6) is 0 Å². The summed E-state index contributed by atoms with van der Waals surface area (Å²) in [5.41, 5.74) is 1.11. The number of aromatic nitrogens is 1. The Balaban J connectivity index is 1.70. The van der Waals surface area contributed by atoms with Gasteiger partial charge in [-0.25, -0.2) is 0 Å². The number of nitrogens with one attached hydrogen (secondary N) is 1. The first-order valence-electron chi connectivity index (χ1n) is 6.82. The van der Waals surface area contributed by atoms with E-state index in [0.29, 0.717) is 11.1 Å². The third-order valence-electron chi connectivity index (χ3n) is 3.95. The number of benzene rings is 1. The van der Waals surface area contributed by atoms with Crippen LogP contribution in [-0.2, 0) is 6.54 Å². The lowest BCUT2D eigenvalue weighted by Crippen LogP contribution is -2.30. The molecule has 19 heavy (non-hydrogen) atoms. The molecule has 1 aliphatic carbocycles. The predicted molar refractivity (Wildman–Crippen MR) is 82.1 cm³/mol. The molecule has 4 heteroatoms. The van der Waals surface area contributed by atoms with Crippen molar-refractivity contribution >= 4 is 34.1 Å². The van der Waals surface area contributed by atoms with E-state index in [2.05, 4.69) is 29.1 Å². The fraction of sp³-hybridized carbons (Fsp3) is 0.467. The maximum Gasteiger partial charge on any atom is 0.0514 e. The van der Waals surface area contributed by atoms with Gasteiger partial charge in [0, 0.05) is 35.7 Å². The highest BCUT2D eigenvalue weighted by Gasteiger charge is 2.27. The van der Waals surface area contributed by atoms with Crippen LogP contribution >= 0.6 is 23.2 Å². The standard InChI is InChI=1S/C15H18Cl2N2/c1-10(11-2-3-11)18-5-7-19-6-4-13-14(17)8-12(16)9-15(13)19/h4,6,8-11,18H,2-3,5,7H2,1H3. The number of fused-ring (bicyclic) bond motifs is 1. The molecule has 0 saturated heterocycles. The Kier molecular flexibility index (Phi) is 3.75. The van der Waals surface area contributed by atoms with Gasteiger partial charge in [-0.1, -0.05) is 23.2 Å². The molecular weight excluding hydrogens is 279 g/mol. The molecule has 0 radical (unpaired) electrons. The lowest BCUT2D eigenvalue weighted by molar-refractivity contribution is 0.478. The van der Waals surface area contributed by atoms with Crippen molar-refractivity contribution in [3.8, 4) is 0 Å². The van der Waals surface area contributed by atoms with E-state index < -0.39 is 0 Å². The zero-order chi connectivity index (χ0) is 13.4. The summed E-state index contributed by atoms with van der Waals surface area (Å²) >= 11 is 12.3. The van der Waals surface area contributed by atoms with Gasteiger partial charge in [-0.05, 0) is 43.9 Å². The predicted octanol–water partition coefficient (Wildman–Crippen LogP) is 4.34. The fourth-order valence-corrected chi connectivity index (χ4v) is 3.13. The van der Waals surface area contributed by atoms with Gasteiger partial charge in [0.25, 0.3) is 0 Å². The van der Waals surface area contributed by atoms with Crippen molar-refractivity contribution in [2.75, 3.05) is 6.54 Å². The van der Waals surface area contributed by atoms with Gasteiger partial charge in [0.1, 0.15) is 0 Å². The maximum atomic E-state index is 6.20. The molecule has 0 amide bonds. The Bertz CT molecular complexity index is 587. The van der Waals surface area contributed by atoms with E-state index in [9.17, 15) is 0 Å². The SMILES string of the molecule is CC(NCCn1ccc2c(Cl)cc(Cl)cc21)C1CC1. The molecule has 1 N–H and O–H groups in total. The molecule has 102 valence electrons. The third-order valence-corrected chi connectivity index (χ3v) is 4.48. The van der Waals surface area contributed by atoms with E-state index in [4.69, 9.17) is 23.2 Å². The maximum absolute atomic E-state index is 6.20. The van der Waals surface area contributed by atoms with Gasteiger partial charge < -0.3 is 9.88 Å². The van der Waals surface area contributed by atoms with Crippen LogP contribution in [0, 0.1) is 5.92 Å². The van der Waals surface area contributed by atoms with Gasteiger partial charge in [0.2, 0.25) is 0 Å². The Hall–Kier alpha value is -0.700. The van der Waals surface area contributed by atoms with Gasteiger partial charge in [-0.15, -0.1) is 0 Å². The molecule has 1 saturated carbocycles. The van der Waals surface area contributed by atoms with Crippen LogP contribution in [0.4, 0.5) is 0 Å². The van der Waals surface area contributed by atoms with Crippen molar-refractivity contribution in [1.29, 1.82) is 0 Å². The molecule has 3 rings (SSSR count). The lowest BCUT2D eigenvalue weighted by atomic mass is 10.2. The van der Waals surface area contributed by atoms with Crippen molar-refractivity contribution in [2.24, 2.45) is 5.92 Å². The Morgan fingerprint density at radius 1 is 1.37 bits per heavy atom. The summed E-state index contributed by atoms with van der Waals surface area (Å²) in [7, 11) is 0. The van der Waals surface area contributed by atoms with E-state index in [1.54, 1.807) is 6.07 Å². The number of hydrogen-bond acceptors (Lipinski definition) is 1. The van der Waals surface area contributed by atoms with E-state index in [-0.39, 0.29) is 0 Å². The van der Waals surface area contributed by atoms with Crippen LogP contribution in [0.3, 0.4) is 0 Å². The van der Waals surface area contributed by atoms with Gasteiger partial charge in [0.15, 0.2) is 0 Å². The molecule has 0 aliphatic heterocycles. The Morgan fingerprint density at radius 3 is 2.89 bits per heavy atom. The minimum atomic E-state index is 0.633. The number of rotatable bonds is 5. The summed E-state index contributed by atoms with van der Waals surface area (Å²) in [6.07, 6.45) is 4.84. The second-order valence-electron chi connectivity index (χ2n) is 5.41. The molecule has 1 heterocycles. The van der Waals surface area contributed by atoms with Crippen molar-refractivity contribution in [1.82, 2.24) is 9.88 Å². The summed E-state index contributed by atoms with van der Waals surface area (Å²) in [5, 5.41) is 6.07. The average molecular weight is 297 g/mol. The molecule has 1 aromatic heterocycles. The zero-order valence-corrected chi connectivity index (χ0v) is 12.5. The first kappa shape index (κ1) is 13.3. The molecule has 1 aliphatic rings. The molecule has 2 aromatic rings. The van der Waals surface area contributed by atoms with Gasteiger partial charge >= 0.3 is 0 Å². The van der Waals surface area contributed by atoms with Crippen LogP contribution in [0.2, 0.25) is 10.0 Å². The highest BCUT2D eigenvalue weighted by Crippen LogP contribution is 2.32. The van der Waals surface area contributed by atoms with Crippen molar-refractivity contribution < 1.29 is 0 Å². The summed E-state index contributed by atoms with van der Waals surface area (Å²) < 4.78 is 2.21. The minimum absolute atomic E-state index is 0.633. The van der Waals surface area contributed by atoms with Crippen LogP contribution in [-0.4, -0.2) is 17.2 Å². The van der Waals surface area contributed by atoms with Crippen LogP contribution in [0.25, 0.3) is 10.9 Å². The number of halogens is 2. The monoisotopic (exact) mass is 296 g/mol. The van der Waals surface area contributed by atoms with Gasteiger partial charge in [0.05, 0.1) is 10.5 Å². The molecule has 0 spiro atoms. The summed E-state index contributed by atoms with van der Waals surface area (Å²) in [6, 6.07) is 6.46. The van der Waals surface area contributed by atoms with Crippen LogP contribution < -0.4 is 5.32 Å². The molecule has 0 bridgehead atoms. The first-order valence-corrected chi connectivity index (χ1v) is 7.58. The second kappa shape index (κ2) is 5.35. The van der Waals surface area contributed by atoms with Crippen molar-refractivity contribution in [2.45, 2.75) is 32.4 Å². The minimum Gasteiger partial charge on any atom is -0.346 e. The Labute approximate surface area is 123 Å². The zero-order valence-electron chi connectivity index (χ0n) is 11.0. The van der Waals surface area contributed by atoms with Gasteiger partial charge in [-0.2, -0.15) is 0 Å². The smallest absolute Gasteiger partial charge is 0.0514 e. The molecule has 1 aromatic carbocycles. The highest BCUT2D eigenvalue weighted by molar-refractivity contribution is 6.38. The average Bonchev–Trinajstić information content (AvgIpc) is 3.13. The molecule has 2 nitrogen and oxygen atoms in total. The van der Waals surface area contributed by atoms with E-state index in [1.807, 2.05) is 6.07 Å². The number of hydrogen-bond donors (Lipinski definition) is 1. The molecule has 1 atom stereocenters. The summed E-state index contributed by atoms with van der Waals surface area (Å²) in [6.45, 7) is 4.20. The first-order chi connectivity index (χ1) is 9.15. The van der Waals surface area contributed by atoms with Crippen molar-refractivity contribution in [3.63, 3.8) is 0 Å². The van der Waals surface area contributed by atoms with Crippen LogP contribution in [0.1, 0.15) is 19.8 Å². The molecular formula is C15H18Cl2N2. The lowest BCUT2D eigenvalue weighted by Gasteiger charge is -2.13. The normalized spacial score (nSPS) is 17.0. The summed E-state index contributed by atoms with van der Waals surface area (Å²) in [4.78, 5) is 0. The molecule has 1 unspecified atom stereocenters. The molecule has 1 fully saturated rings. The van der Waals surface area contributed by atoms with Crippen LogP contribution in [0.15, 0.2) is 24.4 Å². The van der Waals surface area contributed by atoms with E-state index in [1.165, 1.54) is 12.8 Å². The second-order valence-corrected chi connectivity index (χ2v) is 6.25.